The molecule has 1 unspecified atom stereocenters. The largest absolute Gasteiger partial charge is 0.444 e. The van der Waals surface area contributed by atoms with Crippen molar-refractivity contribution in [2.75, 3.05) is 0 Å². The molecule has 0 bridgehead atoms. The van der Waals surface area contributed by atoms with Crippen molar-refractivity contribution in [3.8, 4) is 0 Å². The molecule has 1 rings (SSSR count). The second-order valence-corrected chi connectivity index (χ2v) is 6.25. The van der Waals surface area contributed by atoms with E-state index in [0.29, 0.717) is 19.3 Å². The molecule has 0 radical (unpaired) electrons. The van der Waals surface area contributed by atoms with E-state index in [1.807, 2.05) is 6.92 Å². The van der Waals surface area contributed by atoms with Gasteiger partial charge in [0.1, 0.15) is 11.4 Å². The van der Waals surface area contributed by atoms with Gasteiger partial charge in [0.15, 0.2) is 5.78 Å². The summed E-state index contributed by atoms with van der Waals surface area (Å²) in [4.78, 5) is 24.0. The molecular formula is C17H24FNO3. The molecule has 0 fully saturated rings. The fourth-order valence-corrected chi connectivity index (χ4v) is 1.97. The maximum Gasteiger partial charge on any atom is 0.408 e. The Bertz CT molecular complexity index is 506. The van der Waals surface area contributed by atoms with Crippen molar-refractivity contribution in [3.63, 3.8) is 0 Å². The minimum Gasteiger partial charge on any atom is -0.444 e. The van der Waals surface area contributed by atoms with E-state index >= 15 is 0 Å². The third-order valence-electron chi connectivity index (χ3n) is 2.93. The molecule has 1 N–H and O–H groups in total. The lowest BCUT2D eigenvalue weighted by atomic mass is 10.00. The van der Waals surface area contributed by atoms with E-state index in [1.165, 1.54) is 12.1 Å². The molecule has 0 saturated heterocycles. The molecule has 1 atom stereocenters. The van der Waals surface area contributed by atoms with Crippen LogP contribution >= 0.6 is 0 Å². The summed E-state index contributed by atoms with van der Waals surface area (Å²) in [5.41, 5.74) is 0.158. The number of alkyl carbamates (subject to hydrolysis) is 1. The van der Waals surface area contributed by atoms with Gasteiger partial charge in [0.2, 0.25) is 0 Å². The van der Waals surface area contributed by atoms with Crippen LogP contribution in [-0.4, -0.2) is 23.5 Å². The molecule has 1 amide bonds. The minimum absolute atomic E-state index is 0.0577. The van der Waals surface area contributed by atoms with Crippen LogP contribution in [0, 0.1) is 5.82 Å². The van der Waals surface area contributed by atoms with E-state index in [1.54, 1.807) is 32.9 Å². The molecule has 0 aliphatic heterocycles. The van der Waals surface area contributed by atoms with Gasteiger partial charge in [-0.1, -0.05) is 19.1 Å². The summed E-state index contributed by atoms with van der Waals surface area (Å²) >= 11 is 0. The zero-order valence-corrected chi connectivity index (χ0v) is 13.6. The van der Waals surface area contributed by atoms with Gasteiger partial charge in [0, 0.05) is 6.42 Å². The zero-order chi connectivity index (χ0) is 16.8. The van der Waals surface area contributed by atoms with Crippen LogP contribution in [0.25, 0.3) is 0 Å². The Hall–Kier alpha value is -1.91. The first kappa shape index (κ1) is 18.1. The Morgan fingerprint density at radius 2 is 1.82 bits per heavy atom. The molecule has 5 heteroatoms. The average molecular weight is 309 g/mol. The predicted molar refractivity (Wildman–Crippen MR) is 83.2 cm³/mol. The Morgan fingerprint density at radius 3 is 2.32 bits per heavy atom. The van der Waals surface area contributed by atoms with Crippen LogP contribution in [0.2, 0.25) is 0 Å². The molecule has 0 aliphatic rings. The molecule has 1 aromatic rings. The fourth-order valence-electron chi connectivity index (χ4n) is 1.97. The molecule has 22 heavy (non-hydrogen) atoms. The summed E-state index contributed by atoms with van der Waals surface area (Å²) < 4.78 is 18.1. The number of hydrogen-bond donors (Lipinski definition) is 1. The van der Waals surface area contributed by atoms with Crippen LogP contribution in [0.15, 0.2) is 24.3 Å². The standard InChI is InChI=1S/C17H24FNO3/c1-5-6-15(20)14(19-16(21)22-17(2,3)4)11-12-7-9-13(18)10-8-12/h7-10,14H,5-6,11H2,1-4H3,(H,19,21). The quantitative estimate of drug-likeness (QED) is 0.873. The van der Waals surface area contributed by atoms with E-state index in [0.717, 1.165) is 5.56 Å². The minimum atomic E-state index is -0.666. The lowest BCUT2D eigenvalue weighted by molar-refractivity contribution is -0.121. The first-order valence-corrected chi connectivity index (χ1v) is 7.48. The normalized spacial score (nSPS) is 12.6. The number of hydrogen-bond acceptors (Lipinski definition) is 3. The molecule has 0 aliphatic carbocycles. The van der Waals surface area contributed by atoms with Gasteiger partial charge in [-0.25, -0.2) is 9.18 Å². The van der Waals surface area contributed by atoms with E-state index < -0.39 is 17.7 Å². The first-order valence-electron chi connectivity index (χ1n) is 7.48. The smallest absolute Gasteiger partial charge is 0.408 e. The van der Waals surface area contributed by atoms with Crippen molar-refractivity contribution >= 4 is 11.9 Å². The second kappa shape index (κ2) is 7.92. The number of Topliss-reactive ketones (excluding diaryl/α,β-unsaturated/α-hetero) is 1. The molecule has 0 spiro atoms. The number of ketones is 1. The maximum absolute atomic E-state index is 12.9. The number of nitrogens with one attached hydrogen (secondary N) is 1. The highest BCUT2D eigenvalue weighted by atomic mass is 19.1. The van der Waals surface area contributed by atoms with Crippen molar-refractivity contribution in [2.24, 2.45) is 0 Å². The summed E-state index contributed by atoms with van der Waals surface area (Å²) in [5.74, 6) is -0.391. The van der Waals surface area contributed by atoms with E-state index in [2.05, 4.69) is 5.32 Å². The van der Waals surface area contributed by atoms with E-state index in [4.69, 9.17) is 4.74 Å². The van der Waals surface area contributed by atoms with Gasteiger partial charge in [0.05, 0.1) is 6.04 Å². The lowest BCUT2D eigenvalue weighted by Crippen LogP contribution is -2.44. The third kappa shape index (κ3) is 6.70. The fraction of sp³-hybridized carbons (Fsp3) is 0.529. The molecule has 0 saturated carbocycles. The highest BCUT2D eigenvalue weighted by Crippen LogP contribution is 2.11. The van der Waals surface area contributed by atoms with Gasteiger partial charge in [-0.2, -0.15) is 0 Å². The zero-order valence-electron chi connectivity index (χ0n) is 13.6. The summed E-state index contributed by atoms with van der Waals surface area (Å²) in [6, 6.07) is 5.23. The average Bonchev–Trinajstić information content (AvgIpc) is 2.38. The summed E-state index contributed by atoms with van der Waals surface area (Å²) in [7, 11) is 0. The van der Waals surface area contributed by atoms with Gasteiger partial charge in [-0.05, 0) is 51.3 Å². The number of amides is 1. The summed E-state index contributed by atoms with van der Waals surface area (Å²) in [5, 5.41) is 2.62. The number of benzene rings is 1. The van der Waals surface area contributed by atoms with Gasteiger partial charge in [0.25, 0.3) is 0 Å². The van der Waals surface area contributed by atoms with Crippen LogP contribution in [0.1, 0.15) is 46.1 Å². The molecule has 1 aromatic carbocycles. The van der Waals surface area contributed by atoms with E-state index in [-0.39, 0.29) is 11.6 Å². The van der Waals surface area contributed by atoms with Crippen molar-refractivity contribution in [3.05, 3.63) is 35.6 Å². The van der Waals surface area contributed by atoms with Crippen LogP contribution in [0.5, 0.6) is 0 Å². The Balaban J connectivity index is 2.77. The molecule has 4 nitrogen and oxygen atoms in total. The van der Waals surface area contributed by atoms with Crippen LogP contribution < -0.4 is 5.32 Å². The Morgan fingerprint density at radius 1 is 1.23 bits per heavy atom. The molecule has 0 heterocycles. The Labute approximate surface area is 131 Å². The van der Waals surface area contributed by atoms with Gasteiger partial charge >= 0.3 is 6.09 Å². The summed E-state index contributed by atoms with van der Waals surface area (Å²) in [6.45, 7) is 7.18. The highest BCUT2D eigenvalue weighted by Gasteiger charge is 2.24. The monoisotopic (exact) mass is 309 g/mol. The second-order valence-electron chi connectivity index (χ2n) is 6.25. The predicted octanol–water partition coefficient (Wildman–Crippen LogP) is 3.63. The summed E-state index contributed by atoms with van der Waals surface area (Å²) in [6.07, 6.45) is 0.776. The van der Waals surface area contributed by atoms with Crippen molar-refractivity contribution < 1.29 is 18.7 Å². The lowest BCUT2D eigenvalue weighted by Gasteiger charge is -2.23. The van der Waals surface area contributed by atoms with Crippen molar-refractivity contribution in [2.45, 2.75) is 58.6 Å². The number of carbonyl (C=O) groups excluding carboxylic acids is 2. The molecule has 122 valence electrons. The maximum atomic E-state index is 12.9. The highest BCUT2D eigenvalue weighted by molar-refractivity contribution is 5.87. The van der Waals surface area contributed by atoms with E-state index in [9.17, 15) is 14.0 Å². The molecule has 0 aromatic heterocycles. The third-order valence-corrected chi connectivity index (χ3v) is 2.93. The van der Waals surface area contributed by atoms with Gasteiger partial charge in [-0.3, -0.25) is 4.79 Å². The molecular weight excluding hydrogens is 285 g/mol. The van der Waals surface area contributed by atoms with Gasteiger partial charge < -0.3 is 10.1 Å². The SMILES string of the molecule is CCCC(=O)C(Cc1ccc(F)cc1)NC(=O)OC(C)(C)C. The van der Waals surface area contributed by atoms with Crippen LogP contribution in [-0.2, 0) is 16.0 Å². The Kier molecular flexibility index (Phi) is 6.53. The number of carbonyl (C=O) groups is 2. The van der Waals surface area contributed by atoms with Crippen LogP contribution in [0.3, 0.4) is 0 Å². The first-order chi connectivity index (χ1) is 10.2. The number of rotatable bonds is 6. The van der Waals surface area contributed by atoms with Crippen LogP contribution in [0.4, 0.5) is 9.18 Å². The number of ether oxygens (including phenoxy) is 1. The van der Waals surface area contributed by atoms with Crippen molar-refractivity contribution in [1.82, 2.24) is 5.32 Å². The van der Waals surface area contributed by atoms with Crippen molar-refractivity contribution in [1.29, 1.82) is 0 Å². The van der Waals surface area contributed by atoms with Gasteiger partial charge in [-0.15, -0.1) is 0 Å². The topological polar surface area (TPSA) is 55.4 Å². The number of halogens is 1.